The molecule has 0 aliphatic heterocycles. The van der Waals surface area contributed by atoms with E-state index in [4.69, 9.17) is 4.42 Å². The molecule has 0 spiro atoms. The van der Waals surface area contributed by atoms with Crippen molar-refractivity contribution >= 4 is 22.5 Å². The molecule has 2 heterocycles. The fourth-order valence-corrected chi connectivity index (χ4v) is 2.30. The molecule has 0 saturated carbocycles. The number of benzene rings is 1. The van der Waals surface area contributed by atoms with E-state index in [1.54, 1.807) is 12.3 Å². The minimum Gasteiger partial charge on any atom is -0.456 e. The van der Waals surface area contributed by atoms with Crippen LogP contribution in [0.4, 0.5) is 5.69 Å². The molecule has 1 aromatic carbocycles. The summed E-state index contributed by atoms with van der Waals surface area (Å²) >= 11 is 0. The number of anilines is 1. The molecule has 0 atom stereocenters. The summed E-state index contributed by atoms with van der Waals surface area (Å²) in [6.07, 6.45) is 2.52. The van der Waals surface area contributed by atoms with E-state index in [0.29, 0.717) is 5.76 Å². The maximum Gasteiger partial charge on any atom is 0.291 e. The van der Waals surface area contributed by atoms with Gasteiger partial charge in [0.2, 0.25) is 0 Å². The van der Waals surface area contributed by atoms with E-state index in [9.17, 15) is 4.79 Å². The van der Waals surface area contributed by atoms with Crippen LogP contribution in [0.3, 0.4) is 0 Å². The van der Waals surface area contributed by atoms with Crippen molar-refractivity contribution in [2.45, 2.75) is 20.3 Å². The smallest absolute Gasteiger partial charge is 0.291 e. The Kier molecular flexibility index (Phi) is 3.44. The van der Waals surface area contributed by atoms with E-state index in [1.165, 1.54) is 0 Å². The van der Waals surface area contributed by atoms with Gasteiger partial charge < -0.3 is 9.73 Å². The molecule has 1 amide bonds. The Morgan fingerprint density at radius 3 is 2.86 bits per heavy atom. The van der Waals surface area contributed by atoms with Crippen molar-refractivity contribution in [3.8, 4) is 0 Å². The van der Waals surface area contributed by atoms with Crippen LogP contribution in [0.2, 0.25) is 0 Å². The largest absolute Gasteiger partial charge is 0.456 e. The average Bonchev–Trinajstić information content (AvgIpc) is 2.99. The molecule has 0 unspecified atom stereocenters. The van der Waals surface area contributed by atoms with Crippen molar-refractivity contribution in [1.82, 2.24) is 4.98 Å². The summed E-state index contributed by atoms with van der Waals surface area (Å²) in [7, 11) is 0. The zero-order valence-corrected chi connectivity index (χ0v) is 12.0. The standard InChI is InChI=1S/C17H16N2O2/c1-3-12-7-9-15(21-12)17(20)19-14-8-6-11(2)16-13(14)5-4-10-18-16/h4-10H,3H2,1-2H3,(H,19,20). The van der Waals surface area contributed by atoms with Gasteiger partial charge in [-0.1, -0.05) is 13.0 Å². The van der Waals surface area contributed by atoms with Crippen LogP contribution in [0.5, 0.6) is 0 Å². The fourth-order valence-electron chi connectivity index (χ4n) is 2.30. The molecular formula is C17H16N2O2. The van der Waals surface area contributed by atoms with E-state index < -0.39 is 0 Å². The lowest BCUT2D eigenvalue weighted by Gasteiger charge is -2.08. The Hall–Kier alpha value is -2.62. The summed E-state index contributed by atoms with van der Waals surface area (Å²) in [5, 5.41) is 3.82. The van der Waals surface area contributed by atoms with E-state index in [1.807, 2.05) is 44.2 Å². The van der Waals surface area contributed by atoms with Crippen molar-refractivity contribution in [2.75, 3.05) is 5.32 Å². The Morgan fingerprint density at radius 2 is 2.10 bits per heavy atom. The fraction of sp³-hybridized carbons (Fsp3) is 0.176. The maximum absolute atomic E-state index is 12.2. The van der Waals surface area contributed by atoms with Crippen LogP contribution in [-0.4, -0.2) is 10.9 Å². The van der Waals surface area contributed by atoms with Gasteiger partial charge in [0.25, 0.3) is 5.91 Å². The lowest BCUT2D eigenvalue weighted by atomic mass is 10.1. The third kappa shape index (κ3) is 2.52. The molecule has 0 fully saturated rings. The number of fused-ring (bicyclic) bond motifs is 1. The first kappa shape index (κ1) is 13.4. The number of carbonyl (C=O) groups is 1. The predicted molar refractivity (Wildman–Crippen MR) is 82.5 cm³/mol. The minimum absolute atomic E-state index is 0.247. The van der Waals surface area contributed by atoms with Crippen LogP contribution in [0.15, 0.2) is 47.0 Å². The molecule has 2 aromatic heterocycles. The first-order valence-corrected chi connectivity index (χ1v) is 6.93. The quantitative estimate of drug-likeness (QED) is 0.790. The van der Waals surface area contributed by atoms with Crippen LogP contribution in [0.25, 0.3) is 10.9 Å². The normalized spacial score (nSPS) is 10.8. The second kappa shape index (κ2) is 5.40. The molecule has 3 aromatic rings. The summed E-state index contributed by atoms with van der Waals surface area (Å²) < 4.78 is 5.47. The lowest BCUT2D eigenvalue weighted by molar-refractivity contribution is 0.0995. The number of rotatable bonds is 3. The zero-order valence-electron chi connectivity index (χ0n) is 12.0. The number of nitrogens with zero attached hydrogens (tertiary/aromatic N) is 1. The van der Waals surface area contributed by atoms with Gasteiger partial charge in [0, 0.05) is 18.0 Å². The van der Waals surface area contributed by atoms with Gasteiger partial charge >= 0.3 is 0 Å². The molecule has 0 saturated heterocycles. The van der Waals surface area contributed by atoms with Crippen LogP contribution >= 0.6 is 0 Å². The number of hydrogen-bond donors (Lipinski definition) is 1. The second-order valence-electron chi connectivity index (χ2n) is 4.90. The van der Waals surface area contributed by atoms with Crippen LogP contribution < -0.4 is 5.32 Å². The highest BCUT2D eigenvalue weighted by atomic mass is 16.3. The summed E-state index contributed by atoms with van der Waals surface area (Å²) in [5.74, 6) is 0.878. The van der Waals surface area contributed by atoms with Crippen LogP contribution in [-0.2, 0) is 6.42 Å². The number of carbonyl (C=O) groups excluding carboxylic acids is 1. The number of amides is 1. The highest BCUT2D eigenvalue weighted by molar-refractivity contribution is 6.07. The topological polar surface area (TPSA) is 55.1 Å². The molecule has 0 aliphatic rings. The molecule has 21 heavy (non-hydrogen) atoms. The monoisotopic (exact) mass is 280 g/mol. The second-order valence-corrected chi connectivity index (χ2v) is 4.90. The maximum atomic E-state index is 12.2. The van der Waals surface area contributed by atoms with Gasteiger partial charge in [-0.15, -0.1) is 0 Å². The number of nitrogens with one attached hydrogen (secondary N) is 1. The van der Waals surface area contributed by atoms with Gasteiger partial charge in [-0.3, -0.25) is 9.78 Å². The van der Waals surface area contributed by atoms with Crippen molar-refractivity contribution in [3.05, 3.63) is 59.7 Å². The first-order valence-electron chi connectivity index (χ1n) is 6.93. The molecule has 0 aliphatic carbocycles. The number of furan rings is 1. The molecule has 0 radical (unpaired) electrons. The number of aromatic nitrogens is 1. The molecule has 4 heteroatoms. The average molecular weight is 280 g/mol. The predicted octanol–water partition coefficient (Wildman–Crippen LogP) is 3.95. The first-order chi connectivity index (χ1) is 10.2. The Bertz CT molecular complexity index is 805. The summed E-state index contributed by atoms with van der Waals surface area (Å²) in [6, 6.07) is 11.2. The summed E-state index contributed by atoms with van der Waals surface area (Å²) in [4.78, 5) is 16.6. The third-order valence-corrected chi connectivity index (χ3v) is 3.45. The van der Waals surface area contributed by atoms with E-state index >= 15 is 0 Å². The number of aryl methyl sites for hydroxylation is 2. The lowest BCUT2D eigenvalue weighted by Crippen LogP contribution is -2.11. The van der Waals surface area contributed by atoms with Gasteiger partial charge in [0.15, 0.2) is 5.76 Å². The van der Waals surface area contributed by atoms with Crippen molar-refractivity contribution < 1.29 is 9.21 Å². The van der Waals surface area contributed by atoms with Gasteiger partial charge in [-0.2, -0.15) is 0 Å². The molecule has 106 valence electrons. The van der Waals surface area contributed by atoms with Gasteiger partial charge in [0.1, 0.15) is 5.76 Å². The molecule has 3 rings (SSSR count). The molecule has 0 bridgehead atoms. The van der Waals surface area contributed by atoms with Crippen molar-refractivity contribution in [1.29, 1.82) is 0 Å². The van der Waals surface area contributed by atoms with Crippen molar-refractivity contribution in [2.24, 2.45) is 0 Å². The SMILES string of the molecule is CCc1ccc(C(=O)Nc2ccc(C)c3ncccc23)o1. The van der Waals surface area contributed by atoms with E-state index in [0.717, 1.165) is 34.3 Å². The van der Waals surface area contributed by atoms with Gasteiger partial charge in [-0.25, -0.2) is 0 Å². The highest BCUT2D eigenvalue weighted by Gasteiger charge is 2.13. The van der Waals surface area contributed by atoms with Crippen LogP contribution in [0, 0.1) is 6.92 Å². The summed E-state index contributed by atoms with van der Waals surface area (Å²) in [6.45, 7) is 3.99. The van der Waals surface area contributed by atoms with Crippen LogP contribution in [0.1, 0.15) is 28.8 Å². The molecular weight excluding hydrogens is 264 g/mol. The van der Waals surface area contributed by atoms with Crippen molar-refractivity contribution in [3.63, 3.8) is 0 Å². The van der Waals surface area contributed by atoms with E-state index in [-0.39, 0.29) is 5.91 Å². The highest BCUT2D eigenvalue weighted by Crippen LogP contribution is 2.25. The molecule has 1 N–H and O–H groups in total. The van der Waals surface area contributed by atoms with E-state index in [2.05, 4.69) is 10.3 Å². The zero-order chi connectivity index (χ0) is 14.8. The Morgan fingerprint density at radius 1 is 1.24 bits per heavy atom. The third-order valence-electron chi connectivity index (χ3n) is 3.45. The Balaban J connectivity index is 1.95. The summed E-state index contributed by atoms with van der Waals surface area (Å²) in [5.41, 5.74) is 2.71. The molecule has 4 nitrogen and oxygen atoms in total. The minimum atomic E-state index is -0.247. The van der Waals surface area contributed by atoms with Gasteiger partial charge in [0.05, 0.1) is 11.2 Å². The number of hydrogen-bond acceptors (Lipinski definition) is 3. The number of pyridine rings is 1. The van der Waals surface area contributed by atoms with Gasteiger partial charge in [-0.05, 0) is 42.8 Å². The Labute approximate surface area is 122 Å².